The number of nitrogens with zero attached hydrogens (tertiary/aromatic N) is 1. The number of hydrogen-bond acceptors (Lipinski definition) is 2. The molecule has 1 heterocycles. The molecule has 0 aromatic rings. The van der Waals surface area contributed by atoms with Crippen molar-refractivity contribution in [2.24, 2.45) is 17.8 Å². The maximum absolute atomic E-state index is 12.6. The highest BCUT2D eigenvalue weighted by atomic mass is 16.2. The van der Waals surface area contributed by atoms with Gasteiger partial charge >= 0.3 is 0 Å². The maximum atomic E-state index is 12.6. The van der Waals surface area contributed by atoms with Gasteiger partial charge in [-0.05, 0) is 37.0 Å². The largest absolute Gasteiger partial charge is 0.342 e. The smallest absolute Gasteiger partial charge is 0.246 e. The zero-order valence-electron chi connectivity index (χ0n) is 12.5. The molecule has 1 saturated heterocycles. The van der Waals surface area contributed by atoms with Crippen molar-refractivity contribution in [1.29, 1.82) is 0 Å². The van der Waals surface area contributed by atoms with Crippen LogP contribution in [0.1, 0.15) is 47.0 Å². The predicted molar refractivity (Wildman–Crippen MR) is 74.4 cm³/mol. The molecule has 2 atom stereocenters. The molecule has 1 aliphatic carbocycles. The molecule has 2 fully saturated rings. The van der Waals surface area contributed by atoms with Gasteiger partial charge in [0.05, 0.1) is 0 Å². The average molecular weight is 266 g/mol. The van der Waals surface area contributed by atoms with Crippen LogP contribution in [0.2, 0.25) is 0 Å². The van der Waals surface area contributed by atoms with Crippen molar-refractivity contribution in [3.63, 3.8) is 0 Å². The Morgan fingerprint density at radius 2 is 1.79 bits per heavy atom. The maximum Gasteiger partial charge on any atom is 0.246 e. The first-order chi connectivity index (χ1) is 8.90. The SMILES string of the molecule is CC(C)CC1C(=O)NC(C2CC2)C(=O)N1CC(C)C. The average Bonchev–Trinajstić information content (AvgIpc) is 3.11. The molecule has 19 heavy (non-hydrogen) atoms. The van der Waals surface area contributed by atoms with Gasteiger partial charge in [-0.3, -0.25) is 9.59 Å². The van der Waals surface area contributed by atoms with Crippen molar-refractivity contribution in [1.82, 2.24) is 10.2 Å². The Morgan fingerprint density at radius 3 is 2.26 bits per heavy atom. The van der Waals surface area contributed by atoms with Gasteiger partial charge in [-0.2, -0.15) is 0 Å². The lowest BCUT2D eigenvalue weighted by molar-refractivity contribution is -0.151. The van der Waals surface area contributed by atoms with Crippen LogP contribution >= 0.6 is 0 Å². The fourth-order valence-electron chi connectivity index (χ4n) is 2.83. The molecule has 2 rings (SSSR count). The van der Waals surface area contributed by atoms with Crippen molar-refractivity contribution in [2.75, 3.05) is 6.54 Å². The summed E-state index contributed by atoms with van der Waals surface area (Å²) >= 11 is 0. The Hall–Kier alpha value is -1.06. The van der Waals surface area contributed by atoms with E-state index in [9.17, 15) is 9.59 Å². The van der Waals surface area contributed by atoms with Crippen LogP contribution < -0.4 is 5.32 Å². The second-order valence-electron chi connectivity index (χ2n) is 6.85. The van der Waals surface area contributed by atoms with Crippen LogP contribution in [-0.2, 0) is 9.59 Å². The predicted octanol–water partition coefficient (Wildman–Crippen LogP) is 1.79. The highest BCUT2D eigenvalue weighted by Gasteiger charge is 2.46. The normalized spacial score (nSPS) is 28.2. The molecule has 0 spiro atoms. The van der Waals surface area contributed by atoms with Crippen molar-refractivity contribution in [3.05, 3.63) is 0 Å². The van der Waals surface area contributed by atoms with Gasteiger partial charge in [0.1, 0.15) is 12.1 Å². The van der Waals surface area contributed by atoms with E-state index in [0.29, 0.717) is 24.3 Å². The second-order valence-corrected chi connectivity index (χ2v) is 6.85. The zero-order valence-corrected chi connectivity index (χ0v) is 12.5. The molecule has 0 aromatic heterocycles. The fourth-order valence-corrected chi connectivity index (χ4v) is 2.83. The Balaban J connectivity index is 2.16. The summed E-state index contributed by atoms with van der Waals surface area (Å²) < 4.78 is 0. The summed E-state index contributed by atoms with van der Waals surface area (Å²) in [4.78, 5) is 26.7. The topological polar surface area (TPSA) is 49.4 Å². The van der Waals surface area contributed by atoms with E-state index in [1.54, 1.807) is 0 Å². The van der Waals surface area contributed by atoms with Crippen LogP contribution in [0.15, 0.2) is 0 Å². The van der Waals surface area contributed by atoms with E-state index < -0.39 is 0 Å². The van der Waals surface area contributed by atoms with Gasteiger partial charge in [-0.15, -0.1) is 0 Å². The Bertz CT molecular complexity index is 361. The van der Waals surface area contributed by atoms with E-state index in [1.165, 1.54) is 0 Å². The number of rotatable bonds is 5. The molecule has 1 aliphatic heterocycles. The van der Waals surface area contributed by atoms with Gasteiger partial charge in [0.25, 0.3) is 0 Å². The molecule has 1 N–H and O–H groups in total. The molecular formula is C15H26N2O2. The minimum atomic E-state index is -0.273. The molecular weight excluding hydrogens is 240 g/mol. The van der Waals surface area contributed by atoms with Crippen molar-refractivity contribution in [3.8, 4) is 0 Å². The lowest BCUT2D eigenvalue weighted by Gasteiger charge is -2.40. The van der Waals surface area contributed by atoms with Crippen molar-refractivity contribution >= 4 is 11.8 Å². The van der Waals surface area contributed by atoms with E-state index in [0.717, 1.165) is 19.3 Å². The third-order valence-corrected chi connectivity index (χ3v) is 3.88. The summed E-state index contributed by atoms with van der Waals surface area (Å²) in [6.07, 6.45) is 2.89. The van der Waals surface area contributed by atoms with Crippen molar-refractivity contribution < 1.29 is 9.59 Å². The summed E-state index contributed by atoms with van der Waals surface area (Å²) in [5.74, 6) is 1.37. The number of piperazine rings is 1. The first-order valence-corrected chi connectivity index (χ1v) is 7.51. The number of amides is 2. The quantitative estimate of drug-likeness (QED) is 0.825. The van der Waals surface area contributed by atoms with E-state index in [4.69, 9.17) is 0 Å². The number of carbonyl (C=O) groups is 2. The van der Waals surface area contributed by atoms with E-state index in [1.807, 2.05) is 4.90 Å². The first kappa shape index (κ1) is 14.4. The molecule has 2 aliphatic rings. The summed E-state index contributed by atoms with van der Waals surface area (Å²) in [5.41, 5.74) is 0. The van der Waals surface area contributed by atoms with Crippen LogP contribution in [-0.4, -0.2) is 35.3 Å². The molecule has 0 bridgehead atoms. The van der Waals surface area contributed by atoms with Gasteiger partial charge in [0.15, 0.2) is 0 Å². The van der Waals surface area contributed by atoms with Gasteiger partial charge < -0.3 is 10.2 Å². The van der Waals surface area contributed by atoms with Gasteiger partial charge in [0, 0.05) is 6.54 Å². The van der Waals surface area contributed by atoms with Crippen LogP contribution in [0.4, 0.5) is 0 Å². The number of carbonyl (C=O) groups excluding carboxylic acids is 2. The van der Waals surface area contributed by atoms with Gasteiger partial charge in [-0.1, -0.05) is 27.7 Å². The summed E-state index contributed by atoms with van der Waals surface area (Å²) in [6, 6.07) is -0.528. The molecule has 4 nitrogen and oxygen atoms in total. The first-order valence-electron chi connectivity index (χ1n) is 7.51. The van der Waals surface area contributed by atoms with Crippen LogP contribution in [0.25, 0.3) is 0 Å². The summed E-state index contributed by atoms with van der Waals surface area (Å²) in [6.45, 7) is 9.07. The molecule has 0 radical (unpaired) electrons. The molecule has 0 aromatic carbocycles. The van der Waals surface area contributed by atoms with Crippen LogP contribution in [0.3, 0.4) is 0 Å². The second kappa shape index (κ2) is 5.51. The fraction of sp³-hybridized carbons (Fsp3) is 0.867. The zero-order chi connectivity index (χ0) is 14.2. The number of hydrogen-bond donors (Lipinski definition) is 1. The molecule has 2 unspecified atom stereocenters. The summed E-state index contributed by atoms with van der Waals surface area (Å²) in [5, 5.41) is 2.96. The van der Waals surface area contributed by atoms with Gasteiger partial charge in [-0.25, -0.2) is 0 Å². The third-order valence-electron chi connectivity index (χ3n) is 3.88. The van der Waals surface area contributed by atoms with Gasteiger partial charge in [0.2, 0.25) is 11.8 Å². The Kier molecular flexibility index (Phi) is 4.16. The minimum Gasteiger partial charge on any atom is -0.342 e. The Morgan fingerprint density at radius 1 is 1.16 bits per heavy atom. The Labute approximate surface area is 115 Å². The lowest BCUT2D eigenvalue weighted by Crippen LogP contribution is -2.64. The highest BCUT2D eigenvalue weighted by molar-refractivity contribution is 5.97. The minimum absolute atomic E-state index is 0.0471. The van der Waals surface area contributed by atoms with E-state index in [-0.39, 0.29) is 23.9 Å². The van der Waals surface area contributed by atoms with Crippen LogP contribution in [0, 0.1) is 17.8 Å². The standard InChI is InChI=1S/C15H26N2O2/c1-9(2)7-12-14(18)16-13(11-5-6-11)15(19)17(12)8-10(3)4/h9-13H,5-8H2,1-4H3,(H,16,18). The molecule has 108 valence electrons. The third kappa shape index (κ3) is 3.28. The monoisotopic (exact) mass is 266 g/mol. The van der Waals surface area contributed by atoms with E-state index in [2.05, 4.69) is 33.0 Å². The lowest BCUT2D eigenvalue weighted by atomic mass is 9.95. The van der Waals surface area contributed by atoms with E-state index >= 15 is 0 Å². The molecule has 1 saturated carbocycles. The molecule has 2 amide bonds. The van der Waals surface area contributed by atoms with Crippen LogP contribution in [0.5, 0.6) is 0 Å². The van der Waals surface area contributed by atoms with Crippen molar-refractivity contribution in [2.45, 2.75) is 59.0 Å². The summed E-state index contributed by atoms with van der Waals surface area (Å²) in [7, 11) is 0. The molecule has 4 heteroatoms. The highest BCUT2D eigenvalue weighted by Crippen LogP contribution is 2.35. The number of nitrogens with one attached hydrogen (secondary N) is 1.